The Labute approximate surface area is 215 Å². The van der Waals surface area contributed by atoms with Gasteiger partial charge >= 0.3 is 6.09 Å². The van der Waals surface area contributed by atoms with E-state index >= 15 is 0 Å². The zero-order valence-electron chi connectivity index (χ0n) is 20.7. The van der Waals surface area contributed by atoms with Gasteiger partial charge in [0.05, 0.1) is 6.54 Å². The fourth-order valence-electron chi connectivity index (χ4n) is 5.21. The van der Waals surface area contributed by atoms with Gasteiger partial charge in [0.25, 0.3) is 0 Å². The van der Waals surface area contributed by atoms with Crippen LogP contribution in [0.4, 0.5) is 19.3 Å². The topological polar surface area (TPSA) is 32.8 Å². The van der Waals surface area contributed by atoms with Crippen molar-refractivity contribution in [3.05, 3.63) is 87.4 Å². The van der Waals surface area contributed by atoms with Crippen LogP contribution in [0.15, 0.2) is 48.5 Å². The number of likely N-dealkylation sites (tertiary alicyclic amines) is 1. The van der Waals surface area contributed by atoms with Crippen molar-refractivity contribution in [2.24, 2.45) is 0 Å². The van der Waals surface area contributed by atoms with Gasteiger partial charge in [-0.25, -0.2) is 13.6 Å². The Morgan fingerprint density at radius 2 is 1.58 bits per heavy atom. The van der Waals surface area contributed by atoms with Crippen molar-refractivity contribution in [2.45, 2.75) is 45.8 Å². The van der Waals surface area contributed by atoms with Crippen LogP contribution in [0.25, 0.3) is 11.1 Å². The lowest BCUT2D eigenvalue weighted by atomic mass is 9.90. The largest absolute Gasteiger partial charge is 0.441 e. The van der Waals surface area contributed by atoms with Gasteiger partial charge < -0.3 is 4.74 Å². The molecule has 2 fully saturated rings. The number of benzene rings is 3. The molecule has 0 aliphatic carbocycles. The van der Waals surface area contributed by atoms with Crippen LogP contribution >= 0.6 is 11.6 Å². The molecule has 2 aliphatic heterocycles. The van der Waals surface area contributed by atoms with Crippen LogP contribution in [0.1, 0.15) is 35.1 Å². The summed E-state index contributed by atoms with van der Waals surface area (Å²) in [4.78, 5) is 16.7. The molecule has 36 heavy (non-hydrogen) atoms. The van der Waals surface area contributed by atoms with Gasteiger partial charge in [-0.2, -0.15) is 0 Å². The Bertz CT molecular complexity index is 1320. The molecule has 0 atom stereocenters. The number of carbonyl (C=O) groups is 1. The second kappa shape index (κ2) is 9.49. The van der Waals surface area contributed by atoms with E-state index in [0.717, 1.165) is 53.9 Å². The number of hydrogen-bond donors (Lipinski definition) is 0. The number of halogens is 3. The molecule has 2 aliphatic rings. The molecule has 0 bridgehead atoms. The zero-order valence-corrected chi connectivity index (χ0v) is 21.5. The van der Waals surface area contributed by atoms with Crippen LogP contribution in [-0.2, 0) is 11.3 Å². The molecule has 188 valence electrons. The molecule has 1 spiro atoms. The molecule has 7 heteroatoms. The highest BCUT2D eigenvalue weighted by Gasteiger charge is 2.47. The number of carbonyl (C=O) groups excluding carboxylic acids is 1. The minimum Gasteiger partial charge on any atom is -0.441 e. The maximum atomic E-state index is 14.1. The molecule has 0 radical (unpaired) electrons. The molecule has 3 aromatic rings. The summed E-state index contributed by atoms with van der Waals surface area (Å²) in [5.74, 6) is -1.72. The molecule has 2 saturated heterocycles. The summed E-state index contributed by atoms with van der Waals surface area (Å²) < 4.78 is 33.8. The van der Waals surface area contributed by atoms with E-state index in [2.05, 4.69) is 4.90 Å². The predicted octanol–water partition coefficient (Wildman–Crippen LogP) is 7.20. The van der Waals surface area contributed by atoms with Gasteiger partial charge in [0.15, 0.2) is 11.6 Å². The minimum atomic E-state index is -0.866. The second-order valence-electron chi connectivity index (χ2n) is 10.1. The number of rotatable bonds is 4. The lowest BCUT2D eigenvalue weighted by Gasteiger charge is -2.37. The quantitative estimate of drug-likeness (QED) is 0.372. The summed E-state index contributed by atoms with van der Waals surface area (Å²) in [5, 5.41) is 0.640. The number of amides is 1. The fourth-order valence-corrected chi connectivity index (χ4v) is 5.39. The third kappa shape index (κ3) is 4.72. The molecular formula is C29H29ClF2N2O2. The smallest absolute Gasteiger partial charge is 0.415 e. The summed E-state index contributed by atoms with van der Waals surface area (Å²) >= 11 is 6.47. The van der Waals surface area contributed by atoms with Crippen molar-refractivity contribution in [1.29, 1.82) is 0 Å². The molecule has 2 heterocycles. The summed E-state index contributed by atoms with van der Waals surface area (Å²) in [6, 6.07) is 14.3. The average Bonchev–Trinajstić information content (AvgIpc) is 3.16. The Morgan fingerprint density at radius 3 is 2.28 bits per heavy atom. The number of anilines is 1. The van der Waals surface area contributed by atoms with E-state index in [0.29, 0.717) is 29.2 Å². The van der Waals surface area contributed by atoms with Gasteiger partial charge in [-0.15, -0.1) is 0 Å². The van der Waals surface area contributed by atoms with E-state index in [9.17, 15) is 13.6 Å². The molecule has 3 aromatic carbocycles. The van der Waals surface area contributed by atoms with Gasteiger partial charge in [-0.3, -0.25) is 9.80 Å². The number of nitrogens with zero attached hydrogens (tertiary/aromatic N) is 2. The SMILES string of the molecule is Cc1ccc(N2CC3(CCN(Cc4cc(Cl)c(C)cc4-c4cc(F)c(F)cc4C)CC3)OC2=O)cc1. The van der Waals surface area contributed by atoms with Gasteiger partial charge in [0.2, 0.25) is 0 Å². The molecule has 4 nitrogen and oxygen atoms in total. The van der Waals surface area contributed by atoms with Crippen molar-refractivity contribution in [2.75, 3.05) is 24.5 Å². The molecule has 0 aromatic heterocycles. The molecule has 0 N–H and O–H groups in total. The zero-order chi connectivity index (χ0) is 25.6. The standard InChI is InChI=1S/C29H29ClF2N2O2/c1-18-4-6-22(7-5-18)34-17-29(36-28(34)35)8-10-33(11-9-29)16-21-14-25(30)20(3)12-24(21)23-15-27(32)26(31)13-19(23)2/h4-7,12-15H,8-11,16-17H2,1-3H3. The van der Waals surface area contributed by atoms with Crippen LogP contribution in [0, 0.1) is 32.4 Å². The normalized spacial score (nSPS) is 17.6. The highest BCUT2D eigenvalue weighted by Crippen LogP contribution is 2.38. The van der Waals surface area contributed by atoms with E-state index in [1.807, 2.05) is 50.2 Å². The first kappa shape index (κ1) is 24.7. The summed E-state index contributed by atoms with van der Waals surface area (Å²) in [5.41, 5.74) is 5.52. The van der Waals surface area contributed by atoms with Crippen molar-refractivity contribution >= 4 is 23.4 Å². The number of aryl methyl sites for hydroxylation is 3. The van der Waals surface area contributed by atoms with Crippen LogP contribution < -0.4 is 4.90 Å². The first-order valence-electron chi connectivity index (χ1n) is 12.2. The maximum Gasteiger partial charge on any atom is 0.415 e. The number of piperidine rings is 1. The Kier molecular flexibility index (Phi) is 6.52. The lowest BCUT2D eigenvalue weighted by Crippen LogP contribution is -2.46. The first-order valence-corrected chi connectivity index (χ1v) is 12.6. The van der Waals surface area contributed by atoms with Crippen molar-refractivity contribution in [3.63, 3.8) is 0 Å². The van der Waals surface area contributed by atoms with E-state index < -0.39 is 17.2 Å². The lowest BCUT2D eigenvalue weighted by molar-refractivity contribution is -0.000935. The number of hydrogen-bond acceptors (Lipinski definition) is 3. The predicted molar refractivity (Wildman–Crippen MR) is 139 cm³/mol. The van der Waals surface area contributed by atoms with E-state index in [1.165, 1.54) is 12.1 Å². The summed E-state index contributed by atoms with van der Waals surface area (Å²) in [6.07, 6.45) is 1.15. The first-order chi connectivity index (χ1) is 17.1. The van der Waals surface area contributed by atoms with Crippen molar-refractivity contribution in [1.82, 2.24) is 4.90 Å². The van der Waals surface area contributed by atoms with Gasteiger partial charge in [-0.05, 0) is 85.0 Å². The molecule has 5 rings (SSSR count). The van der Waals surface area contributed by atoms with Gasteiger partial charge in [0, 0.05) is 43.2 Å². The Morgan fingerprint density at radius 1 is 0.917 bits per heavy atom. The van der Waals surface area contributed by atoms with Crippen LogP contribution in [0.3, 0.4) is 0 Å². The molecular weight excluding hydrogens is 482 g/mol. The Balaban J connectivity index is 1.33. The van der Waals surface area contributed by atoms with Crippen LogP contribution in [0.2, 0.25) is 5.02 Å². The molecule has 0 unspecified atom stereocenters. The summed E-state index contributed by atoms with van der Waals surface area (Å²) in [7, 11) is 0. The monoisotopic (exact) mass is 510 g/mol. The van der Waals surface area contributed by atoms with Gasteiger partial charge in [0.1, 0.15) is 5.60 Å². The number of ether oxygens (including phenoxy) is 1. The third-order valence-electron chi connectivity index (χ3n) is 7.42. The maximum absolute atomic E-state index is 14.1. The summed E-state index contributed by atoms with van der Waals surface area (Å²) in [6.45, 7) is 8.35. The fraction of sp³-hybridized carbons (Fsp3) is 0.345. The third-order valence-corrected chi connectivity index (χ3v) is 7.83. The molecule has 1 amide bonds. The molecule has 0 saturated carbocycles. The van der Waals surface area contributed by atoms with E-state index in [-0.39, 0.29) is 6.09 Å². The highest BCUT2D eigenvalue weighted by atomic mass is 35.5. The van der Waals surface area contributed by atoms with Crippen molar-refractivity contribution in [3.8, 4) is 11.1 Å². The van der Waals surface area contributed by atoms with E-state index in [4.69, 9.17) is 16.3 Å². The highest BCUT2D eigenvalue weighted by molar-refractivity contribution is 6.31. The minimum absolute atomic E-state index is 0.297. The average molecular weight is 511 g/mol. The van der Waals surface area contributed by atoms with Gasteiger partial charge in [-0.1, -0.05) is 29.3 Å². The van der Waals surface area contributed by atoms with Crippen molar-refractivity contribution < 1.29 is 18.3 Å². The van der Waals surface area contributed by atoms with E-state index in [1.54, 1.807) is 11.8 Å². The van der Waals surface area contributed by atoms with Crippen LogP contribution in [0.5, 0.6) is 0 Å². The van der Waals surface area contributed by atoms with Crippen LogP contribution in [-0.4, -0.2) is 36.2 Å². The Hall–Kier alpha value is -2.96. The second-order valence-corrected chi connectivity index (χ2v) is 10.5.